The Morgan fingerprint density at radius 1 is 1.16 bits per heavy atom. The van der Waals surface area contributed by atoms with Gasteiger partial charge in [-0.1, -0.05) is 23.7 Å². The number of anilines is 1. The molecule has 6 nitrogen and oxygen atoms in total. The van der Waals surface area contributed by atoms with Crippen molar-refractivity contribution in [3.05, 3.63) is 29.3 Å². The number of hydrogen-bond acceptors (Lipinski definition) is 3. The van der Waals surface area contributed by atoms with Crippen molar-refractivity contribution >= 4 is 35.1 Å². The Hall–Kier alpha value is -2.08. The highest BCUT2D eigenvalue weighted by molar-refractivity contribution is 6.33. The minimum atomic E-state index is -1.32. The Labute approximate surface area is 114 Å². The second-order valence-electron chi connectivity index (χ2n) is 3.87. The summed E-state index contributed by atoms with van der Waals surface area (Å²) in [5.74, 6) is -4.45. The molecule has 0 heterocycles. The summed E-state index contributed by atoms with van der Waals surface area (Å²) in [6.07, 6.45) is -1.03. The fourth-order valence-electron chi connectivity index (χ4n) is 1.45. The fourth-order valence-corrected chi connectivity index (χ4v) is 1.63. The summed E-state index contributed by atoms with van der Waals surface area (Å²) in [7, 11) is 0. The zero-order chi connectivity index (χ0) is 14.4. The summed E-state index contributed by atoms with van der Waals surface area (Å²) in [4.78, 5) is 32.9. The molecule has 0 aliphatic heterocycles. The van der Waals surface area contributed by atoms with Crippen LogP contribution in [0.5, 0.6) is 0 Å². The monoisotopic (exact) mass is 285 g/mol. The Bertz CT molecular complexity index is 503. The van der Waals surface area contributed by atoms with Crippen LogP contribution in [0.3, 0.4) is 0 Å². The van der Waals surface area contributed by atoms with Crippen LogP contribution in [-0.4, -0.2) is 28.1 Å². The van der Waals surface area contributed by atoms with E-state index in [1.807, 2.05) is 0 Å². The van der Waals surface area contributed by atoms with Crippen molar-refractivity contribution in [3.8, 4) is 0 Å². The first-order chi connectivity index (χ1) is 8.90. The molecule has 0 bridgehead atoms. The van der Waals surface area contributed by atoms with E-state index >= 15 is 0 Å². The summed E-state index contributed by atoms with van der Waals surface area (Å²) in [6.45, 7) is 0. The van der Waals surface area contributed by atoms with Crippen LogP contribution in [0.25, 0.3) is 0 Å². The lowest BCUT2D eigenvalue weighted by molar-refractivity contribution is -0.149. The maximum absolute atomic E-state index is 11.6. The maximum Gasteiger partial charge on any atom is 0.307 e. The Morgan fingerprint density at radius 3 is 2.32 bits per heavy atom. The summed E-state index contributed by atoms with van der Waals surface area (Å²) in [5, 5.41) is 20.1. The molecule has 0 aliphatic carbocycles. The van der Waals surface area contributed by atoms with E-state index in [0.717, 1.165) is 0 Å². The average Bonchev–Trinajstić information content (AvgIpc) is 2.30. The van der Waals surface area contributed by atoms with Crippen molar-refractivity contribution in [2.75, 3.05) is 5.32 Å². The normalized spacial score (nSPS) is 11.6. The first-order valence-electron chi connectivity index (χ1n) is 5.39. The highest BCUT2D eigenvalue weighted by Gasteiger charge is 2.24. The summed E-state index contributed by atoms with van der Waals surface area (Å²) in [5.41, 5.74) is 0.355. The molecule has 1 amide bonds. The predicted octanol–water partition coefficient (Wildman–Crippen LogP) is 1.84. The molecule has 0 aromatic heterocycles. The number of para-hydroxylation sites is 1. The zero-order valence-electron chi connectivity index (χ0n) is 9.80. The van der Waals surface area contributed by atoms with Gasteiger partial charge in [0.1, 0.15) is 0 Å². The van der Waals surface area contributed by atoms with Crippen LogP contribution in [0.15, 0.2) is 24.3 Å². The molecule has 0 saturated heterocycles. The molecular weight excluding hydrogens is 274 g/mol. The van der Waals surface area contributed by atoms with Gasteiger partial charge in [0.2, 0.25) is 5.91 Å². The average molecular weight is 286 g/mol. The fraction of sp³-hybridized carbons (Fsp3) is 0.250. The van der Waals surface area contributed by atoms with Crippen LogP contribution in [0, 0.1) is 5.92 Å². The smallest absolute Gasteiger partial charge is 0.307 e. The van der Waals surface area contributed by atoms with Crippen LogP contribution in [0.4, 0.5) is 5.69 Å². The molecule has 0 fully saturated rings. The second-order valence-corrected chi connectivity index (χ2v) is 4.27. The van der Waals surface area contributed by atoms with Crippen molar-refractivity contribution in [2.45, 2.75) is 12.8 Å². The number of carboxylic acid groups (broad SMARTS) is 2. The number of halogens is 1. The second kappa shape index (κ2) is 6.75. The summed E-state index contributed by atoms with van der Waals surface area (Å²) in [6, 6.07) is 6.48. The molecule has 19 heavy (non-hydrogen) atoms. The minimum Gasteiger partial charge on any atom is -0.481 e. The number of hydrogen-bond donors (Lipinski definition) is 3. The van der Waals surface area contributed by atoms with Gasteiger partial charge in [0.15, 0.2) is 0 Å². The molecule has 0 radical (unpaired) electrons. The molecular formula is C12H12ClNO5. The first kappa shape index (κ1) is 15.0. The van der Waals surface area contributed by atoms with Gasteiger partial charge in [-0.25, -0.2) is 0 Å². The van der Waals surface area contributed by atoms with Crippen LogP contribution in [-0.2, 0) is 14.4 Å². The van der Waals surface area contributed by atoms with E-state index in [1.54, 1.807) is 24.3 Å². The van der Waals surface area contributed by atoms with Gasteiger partial charge in [-0.05, 0) is 12.1 Å². The number of nitrogens with one attached hydrogen (secondary N) is 1. The van der Waals surface area contributed by atoms with Gasteiger partial charge in [0, 0.05) is 6.42 Å². The quantitative estimate of drug-likeness (QED) is 0.740. The van der Waals surface area contributed by atoms with Crippen LogP contribution < -0.4 is 5.32 Å². The van der Waals surface area contributed by atoms with Crippen LogP contribution in [0.2, 0.25) is 5.02 Å². The Morgan fingerprint density at radius 2 is 1.79 bits per heavy atom. The highest BCUT2D eigenvalue weighted by atomic mass is 35.5. The molecule has 102 valence electrons. The molecule has 0 spiro atoms. The number of rotatable bonds is 6. The number of aliphatic carboxylic acids is 2. The third-order valence-electron chi connectivity index (χ3n) is 2.35. The molecule has 1 aromatic carbocycles. The summed E-state index contributed by atoms with van der Waals surface area (Å²) >= 11 is 5.83. The van der Waals surface area contributed by atoms with Gasteiger partial charge in [-0.3, -0.25) is 14.4 Å². The van der Waals surface area contributed by atoms with Crippen molar-refractivity contribution in [3.63, 3.8) is 0 Å². The number of carbonyl (C=O) groups excluding carboxylic acids is 1. The minimum absolute atomic E-state index is 0.320. The van der Waals surface area contributed by atoms with E-state index in [9.17, 15) is 14.4 Å². The number of carbonyl (C=O) groups is 3. The molecule has 0 saturated carbocycles. The summed E-state index contributed by atoms with van der Waals surface area (Å²) < 4.78 is 0. The van der Waals surface area contributed by atoms with E-state index in [-0.39, 0.29) is 0 Å². The van der Waals surface area contributed by atoms with Crippen molar-refractivity contribution < 1.29 is 24.6 Å². The topological polar surface area (TPSA) is 104 Å². The van der Waals surface area contributed by atoms with Crippen molar-refractivity contribution in [2.24, 2.45) is 5.92 Å². The zero-order valence-corrected chi connectivity index (χ0v) is 10.6. The lowest BCUT2D eigenvalue weighted by atomic mass is 10.0. The van der Waals surface area contributed by atoms with E-state index in [4.69, 9.17) is 21.8 Å². The van der Waals surface area contributed by atoms with E-state index in [1.165, 1.54) is 0 Å². The number of benzene rings is 1. The van der Waals surface area contributed by atoms with E-state index in [2.05, 4.69) is 5.32 Å². The molecule has 7 heteroatoms. The molecule has 0 aliphatic rings. The number of amides is 1. The van der Waals surface area contributed by atoms with Gasteiger partial charge in [0.05, 0.1) is 23.0 Å². The van der Waals surface area contributed by atoms with Crippen molar-refractivity contribution in [1.29, 1.82) is 0 Å². The van der Waals surface area contributed by atoms with E-state index < -0.39 is 36.6 Å². The highest BCUT2D eigenvalue weighted by Crippen LogP contribution is 2.21. The Kier molecular flexibility index (Phi) is 5.32. The van der Waals surface area contributed by atoms with Crippen LogP contribution in [0.1, 0.15) is 12.8 Å². The van der Waals surface area contributed by atoms with Crippen LogP contribution >= 0.6 is 11.6 Å². The molecule has 3 N–H and O–H groups in total. The van der Waals surface area contributed by atoms with Gasteiger partial charge < -0.3 is 15.5 Å². The SMILES string of the molecule is O=C(O)CC(CC(=O)Nc1ccccc1Cl)C(=O)O. The van der Waals surface area contributed by atoms with E-state index in [0.29, 0.717) is 10.7 Å². The van der Waals surface area contributed by atoms with Gasteiger partial charge >= 0.3 is 11.9 Å². The third-order valence-corrected chi connectivity index (χ3v) is 2.68. The lowest BCUT2D eigenvalue weighted by Crippen LogP contribution is -2.24. The number of carboxylic acids is 2. The van der Waals surface area contributed by atoms with Gasteiger partial charge in [-0.2, -0.15) is 0 Å². The largest absolute Gasteiger partial charge is 0.481 e. The molecule has 1 unspecified atom stereocenters. The predicted molar refractivity (Wildman–Crippen MR) is 68.1 cm³/mol. The first-order valence-corrected chi connectivity index (χ1v) is 5.77. The molecule has 1 atom stereocenters. The Balaban J connectivity index is 2.65. The maximum atomic E-state index is 11.6. The molecule has 1 rings (SSSR count). The third kappa shape index (κ3) is 4.97. The standard InChI is InChI=1S/C12H12ClNO5/c13-8-3-1-2-4-9(8)14-10(15)5-7(12(18)19)6-11(16)17/h1-4,7H,5-6H2,(H,14,15)(H,16,17)(H,18,19). The lowest BCUT2D eigenvalue weighted by Gasteiger charge is -2.11. The van der Waals surface area contributed by atoms with Gasteiger partial charge in [0.25, 0.3) is 0 Å². The van der Waals surface area contributed by atoms with Gasteiger partial charge in [-0.15, -0.1) is 0 Å². The van der Waals surface area contributed by atoms with Crippen molar-refractivity contribution in [1.82, 2.24) is 0 Å². The molecule has 1 aromatic rings.